The summed E-state index contributed by atoms with van der Waals surface area (Å²) in [4.78, 5) is 0. The Bertz CT molecular complexity index is 454. The predicted octanol–water partition coefficient (Wildman–Crippen LogP) is 3.28. The minimum atomic E-state index is -4.68. The van der Waals surface area contributed by atoms with Crippen LogP contribution in [0.5, 0.6) is 5.75 Å². The van der Waals surface area contributed by atoms with E-state index in [2.05, 4.69) is 4.74 Å². The third-order valence-corrected chi connectivity index (χ3v) is 2.74. The van der Waals surface area contributed by atoms with Gasteiger partial charge >= 0.3 is 6.36 Å². The van der Waals surface area contributed by atoms with Crippen molar-refractivity contribution in [2.24, 2.45) is 5.73 Å². The number of rotatable bonds is 3. The summed E-state index contributed by atoms with van der Waals surface area (Å²) in [7, 11) is 0. The van der Waals surface area contributed by atoms with Crippen molar-refractivity contribution in [2.45, 2.75) is 25.2 Å². The third-order valence-electron chi connectivity index (χ3n) is 2.74. The second-order valence-electron chi connectivity index (χ2n) is 4.19. The lowest BCUT2D eigenvalue weighted by Crippen LogP contribution is -2.19. The Morgan fingerprint density at radius 3 is 2.42 bits per heavy atom. The highest BCUT2D eigenvalue weighted by atomic mass is 19.4. The van der Waals surface area contributed by atoms with E-state index < -0.39 is 12.4 Å². The minimum Gasteiger partial charge on any atom is -0.496 e. The number of allylic oxidation sites excluding steroid dienone is 1. The summed E-state index contributed by atoms with van der Waals surface area (Å²) in [6, 6.07) is 5.04. The van der Waals surface area contributed by atoms with Crippen molar-refractivity contribution < 1.29 is 22.6 Å². The van der Waals surface area contributed by atoms with Crippen molar-refractivity contribution in [1.29, 1.82) is 0 Å². The lowest BCUT2D eigenvalue weighted by Gasteiger charge is -2.21. The smallest absolute Gasteiger partial charge is 0.496 e. The molecule has 1 heterocycles. The summed E-state index contributed by atoms with van der Waals surface area (Å²) in [5.41, 5.74) is 6.67. The molecule has 1 aromatic rings. The Hall–Kier alpha value is -1.69. The van der Waals surface area contributed by atoms with E-state index in [1.807, 2.05) is 6.08 Å². The van der Waals surface area contributed by atoms with Crippen LogP contribution in [-0.2, 0) is 4.74 Å². The molecule has 2 N–H and O–H groups in total. The number of nitrogens with two attached hydrogens (primary N) is 1. The monoisotopic (exact) mass is 273 g/mol. The molecule has 19 heavy (non-hydrogen) atoms. The second kappa shape index (κ2) is 5.52. The molecule has 0 aromatic heterocycles. The number of ether oxygens (including phenoxy) is 2. The van der Waals surface area contributed by atoms with E-state index in [1.165, 1.54) is 24.3 Å². The van der Waals surface area contributed by atoms with E-state index in [-0.39, 0.29) is 5.75 Å². The molecular weight excluding hydrogens is 259 g/mol. The summed E-state index contributed by atoms with van der Waals surface area (Å²) in [6.45, 7) is 0.620. The SMILES string of the molecule is NC(C1=CCCCO1)c1ccc(OC(F)(F)F)cc1. The van der Waals surface area contributed by atoms with E-state index in [9.17, 15) is 13.2 Å². The Kier molecular flexibility index (Phi) is 3.99. The van der Waals surface area contributed by atoms with Crippen LogP contribution in [0.1, 0.15) is 24.4 Å². The fourth-order valence-corrected chi connectivity index (χ4v) is 1.83. The summed E-state index contributed by atoms with van der Waals surface area (Å²) in [5, 5.41) is 0. The Morgan fingerprint density at radius 2 is 1.89 bits per heavy atom. The molecule has 0 fully saturated rings. The average Bonchev–Trinajstić information content (AvgIpc) is 2.38. The molecule has 1 aliphatic rings. The Morgan fingerprint density at radius 1 is 1.21 bits per heavy atom. The van der Waals surface area contributed by atoms with E-state index >= 15 is 0 Å². The zero-order chi connectivity index (χ0) is 13.9. The molecule has 1 unspecified atom stereocenters. The molecule has 1 aromatic carbocycles. The van der Waals surface area contributed by atoms with Gasteiger partial charge in [-0.1, -0.05) is 12.1 Å². The number of benzene rings is 1. The van der Waals surface area contributed by atoms with Crippen molar-refractivity contribution in [2.75, 3.05) is 6.61 Å². The molecule has 3 nitrogen and oxygen atoms in total. The highest BCUT2D eigenvalue weighted by Gasteiger charge is 2.31. The molecule has 0 saturated carbocycles. The van der Waals surface area contributed by atoms with Gasteiger partial charge in [-0.25, -0.2) is 0 Å². The van der Waals surface area contributed by atoms with Gasteiger partial charge in [0.25, 0.3) is 0 Å². The minimum absolute atomic E-state index is 0.262. The molecule has 0 bridgehead atoms. The quantitative estimate of drug-likeness (QED) is 0.919. The van der Waals surface area contributed by atoms with Crippen LogP contribution in [0.3, 0.4) is 0 Å². The normalized spacial score (nSPS) is 17.4. The predicted molar refractivity (Wildman–Crippen MR) is 63.3 cm³/mol. The molecule has 104 valence electrons. The van der Waals surface area contributed by atoms with Gasteiger partial charge in [0.15, 0.2) is 0 Å². The van der Waals surface area contributed by atoms with Crippen LogP contribution < -0.4 is 10.5 Å². The molecule has 1 atom stereocenters. The fraction of sp³-hybridized carbons (Fsp3) is 0.385. The summed E-state index contributed by atoms with van der Waals surface area (Å²) >= 11 is 0. The van der Waals surface area contributed by atoms with Crippen molar-refractivity contribution in [3.63, 3.8) is 0 Å². The van der Waals surface area contributed by atoms with E-state index in [0.29, 0.717) is 17.9 Å². The van der Waals surface area contributed by atoms with Crippen molar-refractivity contribution in [1.82, 2.24) is 0 Å². The van der Waals surface area contributed by atoms with Gasteiger partial charge in [-0.2, -0.15) is 0 Å². The maximum absolute atomic E-state index is 12.0. The van der Waals surface area contributed by atoms with Gasteiger partial charge in [0.1, 0.15) is 11.5 Å². The van der Waals surface area contributed by atoms with E-state index in [4.69, 9.17) is 10.5 Å². The molecule has 0 aliphatic carbocycles. The number of alkyl halides is 3. The highest BCUT2D eigenvalue weighted by molar-refractivity contribution is 5.32. The van der Waals surface area contributed by atoms with Crippen LogP contribution in [0.25, 0.3) is 0 Å². The first-order valence-corrected chi connectivity index (χ1v) is 5.90. The summed E-state index contributed by atoms with van der Waals surface area (Å²) < 4.78 is 45.3. The lowest BCUT2D eigenvalue weighted by atomic mass is 10.0. The van der Waals surface area contributed by atoms with E-state index in [0.717, 1.165) is 12.8 Å². The molecular formula is C13H14F3NO2. The third kappa shape index (κ3) is 3.89. The van der Waals surface area contributed by atoms with Gasteiger partial charge in [-0.3, -0.25) is 0 Å². The standard InChI is InChI=1S/C13H14F3NO2/c14-13(15,16)19-10-6-4-9(5-7-10)12(17)11-3-1-2-8-18-11/h3-7,12H,1-2,8,17H2. The van der Waals surface area contributed by atoms with Gasteiger partial charge in [0.2, 0.25) is 0 Å². The topological polar surface area (TPSA) is 44.5 Å². The lowest BCUT2D eigenvalue weighted by molar-refractivity contribution is -0.274. The zero-order valence-electron chi connectivity index (χ0n) is 10.1. The number of hydrogen-bond acceptors (Lipinski definition) is 3. The van der Waals surface area contributed by atoms with Gasteiger partial charge in [0, 0.05) is 0 Å². The van der Waals surface area contributed by atoms with Gasteiger partial charge in [0.05, 0.1) is 12.6 Å². The van der Waals surface area contributed by atoms with Crippen LogP contribution in [0.4, 0.5) is 13.2 Å². The first-order chi connectivity index (χ1) is 8.96. The first-order valence-electron chi connectivity index (χ1n) is 5.90. The number of halogens is 3. The molecule has 6 heteroatoms. The average molecular weight is 273 g/mol. The van der Waals surface area contributed by atoms with E-state index in [1.54, 1.807) is 0 Å². The highest BCUT2D eigenvalue weighted by Crippen LogP contribution is 2.27. The molecule has 1 aliphatic heterocycles. The molecule has 0 spiro atoms. The van der Waals surface area contributed by atoms with Crippen LogP contribution in [-0.4, -0.2) is 13.0 Å². The Balaban J connectivity index is 2.07. The molecule has 2 rings (SSSR count). The second-order valence-corrected chi connectivity index (χ2v) is 4.19. The van der Waals surface area contributed by atoms with Gasteiger partial charge in [-0.15, -0.1) is 13.2 Å². The maximum Gasteiger partial charge on any atom is 0.573 e. The first kappa shape index (κ1) is 13.7. The van der Waals surface area contributed by atoms with Crippen molar-refractivity contribution in [3.8, 4) is 5.75 Å². The molecule has 0 saturated heterocycles. The fourth-order valence-electron chi connectivity index (χ4n) is 1.83. The Labute approximate surface area is 108 Å². The zero-order valence-corrected chi connectivity index (χ0v) is 10.1. The van der Waals surface area contributed by atoms with Crippen LogP contribution in [0.2, 0.25) is 0 Å². The summed E-state index contributed by atoms with van der Waals surface area (Å²) in [6.07, 6.45) is -0.917. The maximum atomic E-state index is 12.0. The van der Waals surface area contributed by atoms with Gasteiger partial charge in [-0.05, 0) is 36.6 Å². The van der Waals surface area contributed by atoms with Crippen LogP contribution in [0.15, 0.2) is 36.1 Å². The largest absolute Gasteiger partial charge is 0.573 e. The molecule has 0 amide bonds. The van der Waals surface area contributed by atoms with Crippen molar-refractivity contribution >= 4 is 0 Å². The number of hydrogen-bond donors (Lipinski definition) is 1. The van der Waals surface area contributed by atoms with Gasteiger partial charge < -0.3 is 15.2 Å². The van der Waals surface area contributed by atoms with Crippen LogP contribution in [0, 0.1) is 0 Å². The molecule has 0 radical (unpaired) electrons. The van der Waals surface area contributed by atoms with Crippen LogP contribution >= 0.6 is 0 Å². The summed E-state index contributed by atoms with van der Waals surface area (Å²) in [5.74, 6) is 0.401. The van der Waals surface area contributed by atoms with Crippen molar-refractivity contribution in [3.05, 3.63) is 41.7 Å².